The number of hydrogen-bond acceptors (Lipinski definition) is 3. The summed E-state index contributed by atoms with van der Waals surface area (Å²) in [5.74, 6) is 1.37. The minimum absolute atomic E-state index is 0.112. The molecule has 3 rings (SSSR count). The van der Waals surface area contributed by atoms with Crippen LogP contribution in [0.3, 0.4) is 0 Å². The van der Waals surface area contributed by atoms with Crippen LogP contribution in [0.2, 0.25) is 0 Å². The first-order chi connectivity index (χ1) is 6.83. The fourth-order valence-corrected chi connectivity index (χ4v) is 3.10. The summed E-state index contributed by atoms with van der Waals surface area (Å²) >= 11 is 0. The van der Waals surface area contributed by atoms with Gasteiger partial charge < -0.3 is 5.73 Å². The van der Waals surface area contributed by atoms with Crippen molar-refractivity contribution in [3.63, 3.8) is 0 Å². The lowest BCUT2D eigenvalue weighted by Gasteiger charge is -2.09. The molecule has 0 saturated heterocycles. The lowest BCUT2D eigenvalue weighted by atomic mass is 10.0. The van der Waals surface area contributed by atoms with Gasteiger partial charge in [-0.3, -0.25) is 0 Å². The number of hydrogen-bond donors (Lipinski definition) is 1. The molecule has 1 aromatic heterocycles. The van der Waals surface area contributed by atoms with Crippen LogP contribution in [0.4, 0.5) is 0 Å². The SMILES string of the molecule is NC1(c2ccncn2)C2CCCCC21. The average Bonchev–Trinajstić information content (AvgIpc) is 2.89. The highest BCUT2D eigenvalue weighted by atomic mass is 15.0. The highest BCUT2D eigenvalue weighted by Gasteiger charge is 2.63. The van der Waals surface area contributed by atoms with Crippen LogP contribution in [0.5, 0.6) is 0 Å². The van der Waals surface area contributed by atoms with Crippen LogP contribution in [-0.4, -0.2) is 9.97 Å². The largest absolute Gasteiger partial charge is 0.320 e. The van der Waals surface area contributed by atoms with Gasteiger partial charge in [-0.2, -0.15) is 0 Å². The summed E-state index contributed by atoms with van der Waals surface area (Å²) in [5, 5.41) is 0. The van der Waals surface area contributed by atoms with Gasteiger partial charge in [-0.1, -0.05) is 12.8 Å². The van der Waals surface area contributed by atoms with Gasteiger partial charge in [-0.15, -0.1) is 0 Å². The van der Waals surface area contributed by atoms with E-state index in [4.69, 9.17) is 5.73 Å². The molecule has 2 aliphatic rings. The molecular weight excluding hydrogens is 174 g/mol. The summed E-state index contributed by atoms with van der Waals surface area (Å²) in [6.07, 6.45) is 8.64. The van der Waals surface area contributed by atoms with Crippen molar-refractivity contribution in [2.45, 2.75) is 31.2 Å². The smallest absolute Gasteiger partial charge is 0.115 e. The Kier molecular flexibility index (Phi) is 1.65. The first-order valence-electron chi connectivity index (χ1n) is 5.39. The standard InChI is InChI=1S/C11H15N3/c12-11(10-5-6-13-7-14-10)8-3-1-2-4-9(8)11/h5-9H,1-4,12H2. The molecule has 0 bridgehead atoms. The maximum atomic E-state index is 6.43. The fourth-order valence-electron chi connectivity index (χ4n) is 3.10. The normalized spacial score (nSPS) is 40.4. The van der Waals surface area contributed by atoms with Crippen molar-refractivity contribution < 1.29 is 0 Å². The molecule has 0 spiro atoms. The minimum atomic E-state index is -0.112. The lowest BCUT2D eigenvalue weighted by Crippen LogP contribution is -2.25. The Morgan fingerprint density at radius 2 is 2.00 bits per heavy atom. The van der Waals surface area contributed by atoms with Crippen LogP contribution in [0.1, 0.15) is 31.4 Å². The van der Waals surface area contributed by atoms with Crippen LogP contribution in [-0.2, 0) is 5.54 Å². The second-order valence-corrected chi connectivity index (χ2v) is 4.53. The van der Waals surface area contributed by atoms with E-state index in [1.54, 1.807) is 12.5 Å². The molecule has 3 nitrogen and oxygen atoms in total. The Morgan fingerprint density at radius 1 is 1.29 bits per heavy atom. The second-order valence-electron chi connectivity index (χ2n) is 4.53. The molecule has 0 aliphatic heterocycles. The van der Waals surface area contributed by atoms with Crippen LogP contribution < -0.4 is 5.73 Å². The second kappa shape index (κ2) is 2.76. The van der Waals surface area contributed by atoms with Crippen molar-refractivity contribution in [1.29, 1.82) is 0 Å². The van der Waals surface area contributed by atoms with Crippen LogP contribution in [0, 0.1) is 11.8 Å². The molecule has 1 aromatic rings. The summed E-state index contributed by atoms with van der Waals surface area (Å²) in [4.78, 5) is 8.24. The molecule has 74 valence electrons. The van der Waals surface area contributed by atoms with Gasteiger partial charge in [-0.05, 0) is 30.7 Å². The molecule has 0 radical (unpaired) electrons. The van der Waals surface area contributed by atoms with Crippen molar-refractivity contribution in [2.24, 2.45) is 17.6 Å². The third-order valence-corrected chi connectivity index (χ3v) is 3.91. The fraction of sp³-hybridized carbons (Fsp3) is 0.636. The van der Waals surface area contributed by atoms with Gasteiger partial charge in [0.1, 0.15) is 6.33 Å². The van der Waals surface area contributed by atoms with Gasteiger partial charge >= 0.3 is 0 Å². The molecule has 1 heterocycles. The summed E-state index contributed by atoms with van der Waals surface area (Å²) in [6.45, 7) is 0. The summed E-state index contributed by atoms with van der Waals surface area (Å²) < 4.78 is 0. The van der Waals surface area contributed by atoms with Crippen molar-refractivity contribution in [1.82, 2.24) is 9.97 Å². The minimum Gasteiger partial charge on any atom is -0.320 e. The number of nitrogens with two attached hydrogens (primary N) is 1. The predicted molar refractivity (Wildman–Crippen MR) is 53.3 cm³/mol. The molecule has 2 saturated carbocycles. The van der Waals surface area contributed by atoms with Crippen LogP contribution >= 0.6 is 0 Å². The molecule has 2 aliphatic carbocycles. The van der Waals surface area contributed by atoms with E-state index in [1.807, 2.05) is 6.07 Å². The topological polar surface area (TPSA) is 51.8 Å². The maximum absolute atomic E-state index is 6.43. The van der Waals surface area contributed by atoms with Gasteiger partial charge in [0.15, 0.2) is 0 Å². The predicted octanol–water partition coefficient (Wildman–Crippen LogP) is 1.45. The van der Waals surface area contributed by atoms with Gasteiger partial charge in [0.25, 0.3) is 0 Å². The number of fused-ring (bicyclic) bond motifs is 1. The zero-order chi connectivity index (χ0) is 9.60. The zero-order valence-electron chi connectivity index (χ0n) is 8.19. The first kappa shape index (κ1) is 8.36. The van der Waals surface area contributed by atoms with Crippen molar-refractivity contribution >= 4 is 0 Å². The van der Waals surface area contributed by atoms with E-state index in [2.05, 4.69) is 9.97 Å². The van der Waals surface area contributed by atoms with Gasteiger partial charge in [0.05, 0.1) is 11.2 Å². The molecular formula is C11H15N3. The average molecular weight is 189 g/mol. The van der Waals surface area contributed by atoms with E-state index in [-0.39, 0.29) is 5.54 Å². The van der Waals surface area contributed by atoms with E-state index < -0.39 is 0 Å². The zero-order valence-corrected chi connectivity index (χ0v) is 8.19. The summed E-state index contributed by atoms with van der Waals surface area (Å²) in [5.41, 5.74) is 7.36. The Labute approximate surface area is 83.8 Å². The number of rotatable bonds is 1. The van der Waals surface area contributed by atoms with Crippen molar-refractivity contribution in [3.05, 3.63) is 24.3 Å². The third kappa shape index (κ3) is 0.960. The van der Waals surface area contributed by atoms with Crippen molar-refractivity contribution in [3.8, 4) is 0 Å². The van der Waals surface area contributed by atoms with Crippen molar-refractivity contribution in [2.75, 3.05) is 0 Å². The van der Waals surface area contributed by atoms with E-state index >= 15 is 0 Å². The molecule has 2 atom stereocenters. The third-order valence-electron chi connectivity index (χ3n) is 3.91. The molecule has 0 amide bonds. The monoisotopic (exact) mass is 189 g/mol. The van der Waals surface area contributed by atoms with E-state index in [0.29, 0.717) is 11.8 Å². The van der Waals surface area contributed by atoms with E-state index in [9.17, 15) is 0 Å². The van der Waals surface area contributed by atoms with Crippen LogP contribution in [0.25, 0.3) is 0 Å². The highest BCUT2D eigenvalue weighted by Crippen LogP contribution is 2.62. The van der Waals surface area contributed by atoms with E-state index in [0.717, 1.165) is 5.69 Å². The maximum Gasteiger partial charge on any atom is 0.115 e. The molecule has 2 fully saturated rings. The quantitative estimate of drug-likeness (QED) is 0.727. The Bertz CT molecular complexity index is 324. The number of nitrogens with zero attached hydrogens (tertiary/aromatic N) is 2. The van der Waals surface area contributed by atoms with Gasteiger partial charge in [0, 0.05) is 6.20 Å². The van der Waals surface area contributed by atoms with Crippen LogP contribution in [0.15, 0.2) is 18.6 Å². The Morgan fingerprint density at radius 3 is 2.57 bits per heavy atom. The molecule has 14 heavy (non-hydrogen) atoms. The summed E-state index contributed by atoms with van der Waals surface area (Å²) in [7, 11) is 0. The lowest BCUT2D eigenvalue weighted by molar-refractivity contribution is 0.480. The number of aromatic nitrogens is 2. The molecule has 2 unspecified atom stereocenters. The van der Waals surface area contributed by atoms with Gasteiger partial charge in [0.2, 0.25) is 0 Å². The molecule has 0 aromatic carbocycles. The molecule has 2 N–H and O–H groups in total. The molecule has 3 heteroatoms. The summed E-state index contributed by atoms with van der Waals surface area (Å²) in [6, 6.07) is 1.97. The van der Waals surface area contributed by atoms with Gasteiger partial charge in [-0.25, -0.2) is 9.97 Å². The van der Waals surface area contributed by atoms with E-state index in [1.165, 1.54) is 25.7 Å². The Balaban J connectivity index is 1.92. The highest BCUT2D eigenvalue weighted by molar-refractivity contribution is 5.28. The first-order valence-corrected chi connectivity index (χ1v) is 5.39. The Hall–Kier alpha value is -0.960.